The molecule has 0 aliphatic carbocycles. The number of thioether (sulfide) groups is 1. The molecule has 1 rings (SSSR count). The summed E-state index contributed by atoms with van der Waals surface area (Å²) in [4.78, 5) is 0. The van der Waals surface area contributed by atoms with Crippen LogP contribution in [0.1, 0.15) is 26.7 Å². The van der Waals surface area contributed by atoms with Crippen LogP contribution in [0.4, 0.5) is 0 Å². The Balaban J connectivity index is 2.44. The van der Waals surface area contributed by atoms with Gasteiger partial charge >= 0.3 is 0 Å². The molecule has 0 aromatic carbocycles. The molecule has 58 valence electrons. The van der Waals surface area contributed by atoms with E-state index in [9.17, 15) is 0 Å². The quantitative estimate of drug-likeness (QED) is 0.459. The molecule has 1 unspecified atom stereocenters. The second kappa shape index (κ2) is 4.35. The zero-order chi connectivity index (χ0) is 7.40. The molecule has 1 heterocycles. The molecule has 0 spiro atoms. The van der Waals surface area contributed by atoms with Crippen LogP contribution in [-0.4, -0.2) is 15.7 Å². The highest BCUT2D eigenvalue weighted by Crippen LogP contribution is 2.19. The first-order chi connectivity index (χ1) is 4.84. The van der Waals surface area contributed by atoms with E-state index in [4.69, 9.17) is 0 Å². The van der Waals surface area contributed by atoms with Gasteiger partial charge in [-0.25, -0.2) is 0 Å². The summed E-state index contributed by atoms with van der Waals surface area (Å²) in [6.45, 7) is 4.61. The predicted octanol–water partition coefficient (Wildman–Crippen LogP) is 2.38. The van der Waals surface area contributed by atoms with Crippen LogP contribution in [0.25, 0.3) is 0 Å². The van der Waals surface area contributed by atoms with E-state index >= 15 is 0 Å². The molecular formula is C8H15S2+. The number of rotatable bonds is 2. The van der Waals surface area contributed by atoms with E-state index in [1.165, 1.54) is 24.3 Å². The van der Waals surface area contributed by atoms with Gasteiger partial charge < -0.3 is 0 Å². The van der Waals surface area contributed by atoms with Crippen LogP contribution < -0.4 is 0 Å². The van der Waals surface area contributed by atoms with Crippen molar-refractivity contribution < 1.29 is 0 Å². The Kier molecular flexibility index (Phi) is 3.71. The van der Waals surface area contributed by atoms with Crippen molar-refractivity contribution in [1.82, 2.24) is 0 Å². The number of hydrogen-bond acceptors (Lipinski definition) is 1. The fourth-order valence-electron chi connectivity index (χ4n) is 0.897. The van der Waals surface area contributed by atoms with Gasteiger partial charge in [-0.05, 0) is 6.42 Å². The van der Waals surface area contributed by atoms with Gasteiger partial charge in [-0.2, -0.15) is 0 Å². The summed E-state index contributed by atoms with van der Waals surface area (Å²) >= 11 is 4.15. The summed E-state index contributed by atoms with van der Waals surface area (Å²) in [6.07, 6.45) is 2.70. The van der Waals surface area contributed by atoms with E-state index in [1.807, 2.05) is 0 Å². The summed E-state index contributed by atoms with van der Waals surface area (Å²) in [5.41, 5.74) is 0. The molecule has 0 N–H and O–H groups in total. The minimum Gasteiger partial charge on any atom is -0.0694 e. The molecule has 2 heteroatoms. The fraction of sp³-hybridized carbons (Fsp3) is 0.875. The summed E-state index contributed by atoms with van der Waals surface area (Å²) in [6, 6.07) is 0. The Bertz CT molecular complexity index is 129. The topological polar surface area (TPSA) is 0 Å². The zero-order valence-corrected chi connectivity index (χ0v) is 8.36. The molecule has 1 aliphatic heterocycles. The molecule has 0 bridgehead atoms. The Labute approximate surface area is 71.7 Å². The molecule has 0 nitrogen and oxygen atoms in total. The SMILES string of the molecule is CCC(C)C1=[S+]CCCS1. The van der Waals surface area contributed by atoms with Crippen LogP contribution in [-0.2, 0) is 11.4 Å². The summed E-state index contributed by atoms with van der Waals surface area (Å²) in [5.74, 6) is 3.54. The van der Waals surface area contributed by atoms with Gasteiger partial charge in [-0.15, -0.1) is 0 Å². The molecule has 0 amide bonds. The van der Waals surface area contributed by atoms with Gasteiger partial charge in [-0.3, -0.25) is 0 Å². The van der Waals surface area contributed by atoms with Crippen molar-refractivity contribution in [2.75, 3.05) is 11.5 Å². The second-order valence-corrected chi connectivity index (χ2v) is 5.21. The highest BCUT2D eigenvalue weighted by Gasteiger charge is 2.21. The highest BCUT2D eigenvalue weighted by molar-refractivity contribution is 8.22. The highest BCUT2D eigenvalue weighted by atomic mass is 32.2. The first kappa shape index (κ1) is 8.54. The smallest absolute Gasteiger partial charge is 0.0694 e. The molecule has 0 saturated heterocycles. The Morgan fingerprint density at radius 3 is 3.00 bits per heavy atom. The predicted molar refractivity (Wildman–Crippen MR) is 53.8 cm³/mol. The maximum Gasteiger partial charge on any atom is 0.237 e. The number of hydrogen-bond donors (Lipinski definition) is 0. The lowest BCUT2D eigenvalue weighted by Crippen LogP contribution is -2.13. The average molecular weight is 175 g/mol. The van der Waals surface area contributed by atoms with Crippen molar-refractivity contribution in [2.24, 2.45) is 5.92 Å². The minimum atomic E-state index is 0.829. The van der Waals surface area contributed by atoms with Crippen molar-refractivity contribution in [3.8, 4) is 0 Å². The molecule has 0 aromatic heterocycles. The lowest BCUT2D eigenvalue weighted by atomic mass is 10.2. The van der Waals surface area contributed by atoms with Crippen molar-refractivity contribution >= 4 is 27.3 Å². The minimum absolute atomic E-state index is 0.829. The van der Waals surface area contributed by atoms with E-state index in [2.05, 4.69) is 37.0 Å². The van der Waals surface area contributed by atoms with Crippen LogP contribution in [0, 0.1) is 5.92 Å². The van der Waals surface area contributed by atoms with Gasteiger partial charge in [0.15, 0.2) is 17.1 Å². The lowest BCUT2D eigenvalue weighted by Gasteiger charge is -2.06. The van der Waals surface area contributed by atoms with Crippen molar-refractivity contribution in [1.29, 1.82) is 0 Å². The van der Waals surface area contributed by atoms with E-state index in [-0.39, 0.29) is 0 Å². The van der Waals surface area contributed by atoms with Gasteiger partial charge in [0.1, 0.15) is 0 Å². The first-order valence-corrected chi connectivity index (χ1v) is 5.94. The Hall–Kier alpha value is 0.440. The third-order valence-electron chi connectivity index (χ3n) is 1.79. The zero-order valence-electron chi connectivity index (χ0n) is 6.72. The van der Waals surface area contributed by atoms with Gasteiger partial charge in [-0.1, -0.05) is 25.6 Å². The summed E-state index contributed by atoms with van der Waals surface area (Å²) in [5, 5.41) is 0. The van der Waals surface area contributed by atoms with Gasteiger partial charge in [0.25, 0.3) is 0 Å². The molecule has 1 aliphatic rings. The Morgan fingerprint density at radius 2 is 2.50 bits per heavy atom. The normalized spacial score (nSPS) is 22.0. The molecule has 0 radical (unpaired) electrons. The van der Waals surface area contributed by atoms with Gasteiger partial charge in [0, 0.05) is 18.1 Å². The van der Waals surface area contributed by atoms with Crippen LogP contribution >= 0.6 is 11.8 Å². The lowest BCUT2D eigenvalue weighted by molar-refractivity contribution is 0.758. The van der Waals surface area contributed by atoms with Crippen LogP contribution in [0.3, 0.4) is 0 Å². The standard InChI is InChI=1S/C8H15S2/c1-3-7(2)8-9-5-4-6-10-8/h7H,3-6H2,1-2H3/q+1. The van der Waals surface area contributed by atoms with Gasteiger partial charge in [0.2, 0.25) is 4.20 Å². The molecular weight excluding hydrogens is 160 g/mol. The molecule has 0 saturated carbocycles. The third kappa shape index (κ3) is 2.24. The first-order valence-electron chi connectivity index (χ1n) is 3.97. The van der Waals surface area contributed by atoms with Crippen molar-refractivity contribution in [3.05, 3.63) is 0 Å². The van der Waals surface area contributed by atoms with Gasteiger partial charge in [0.05, 0.1) is 0 Å². The van der Waals surface area contributed by atoms with Crippen LogP contribution in [0.15, 0.2) is 0 Å². The maximum absolute atomic E-state index is 2.33. The summed E-state index contributed by atoms with van der Waals surface area (Å²) in [7, 11) is 0. The summed E-state index contributed by atoms with van der Waals surface area (Å²) < 4.78 is 1.67. The average Bonchev–Trinajstić information content (AvgIpc) is 2.05. The molecule has 0 fully saturated rings. The van der Waals surface area contributed by atoms with Crippen LogP contribution in [0.5, 0.6) is 0 Å². The maximum atomic E-state index is 2.33. The van der Waals surface area contributed by atoms with Crippen molar-refractivity contribution in [3.63, 3.8) is 0 Å². The van der Waals surface area contributed by atoms with Crippen molar-refractivity contribution in [2.45, 2.75) is 26.7 Å². The van der Waals surface area contributed by atoms with E-state index in [1.54, 1.807) is 4.20 Å². The van der Waals surface area contributed by atoms with E-state index in [0.29, 0.717) is 0 Å². The monoisotopic (exact) mass is 175 g/mol. The largest absolute Gasteiger partial charge is 0.237 e. The molecule has 10 heavy (non-hydrogen) atoms. The molecule has 1 atom stereocenters. The van der Waals surface area contributed by atoms with Crippen LogP contribution in [0.2, 0.25) is 0 Å². The fourth-order valence-corrected chi connectivity index (χ4v) is 3.80. The third-order valence-corrected chi connectivity index (χ3v) is 4.86. The molecule has 0 aromatic rings. The Morgan fingerprint density at radius 1 is 1.70 bits per heavy atom. The van der Waals surface area contributed by atoms with E-state index in [0.717, 1.165) is 5.92 Å². The second-order valence-electron chi connectivity index (χ2n) is 2.68. The van der Waals surface area contributed by atoms with E-state index < -0.39 is 0 Å².